The summed E-state index contributed by atoms with van der Waals surface area (Å²) in [6.07, 6.45) is 0.284. The van der Waals surface area contributed by atoms with E-state index in [1.54, 1.807) is 30.0 Å². The van der Waals surface area contributed by atoms with Gasteiger partial charge in [-0.25, -0.2) is 4.79 Å². The summed E-state index contributed by atoms with van der Waals surface area (Å²) in [6.45, 7) is 4.23. The summed E-state index contributed by atoms with van der Waals surface area (Å²) in [5.74, 6) is 0.208. The number of aliphatic hydroxyl groups is 1. The van der Waals surface area contributed by atoms with Crippen LogP contribution in [0.4, 0.5) is 16.5 Å². The summed E-state index contributed by atoms with van der Waals surface area (Å²) in [7, 11) is 3.71. The number of aromatic nitrogens is 1. The Labute approximate surface area is 135 Å². The van der Waals surface area contributed by atoms with Crippen molar-refractivity contribution in [2.24, 2.45) is 5.92 Å². The van der Waals surface area contributed by atoms with E-state index in [1.807, 2.05) is 21.0 Å². The number of oxazole rings is 1. The Morgan fingerprint density at radius 2 is 2.13 bits per heavy atom. The number of fused-ring (bicyclic) bond motifs is 1. The molecular weight excluding hydrogens is 296 g/mol. The first-order valence-electron chi connectivity index (χ1n) is 7.66. The van der Waals surface area contributed by atoms with E-state index in [-0.39, 0.29) is 18.1 Å². The van der Waals surface area contributed by atoms with Crippen molar-refractivity contribution in [1.82, 2.24) is 10.3 Å². The van der Waals surface area contributed by atoms with Crippen LogP contribution in [0.15, 0.2) is 22.6 Å². The van der Waals surface area contributed by atoms with E-state index < -0.39 is 0 Å². The minimum absolute atomic E-state index is 0.208. The Kier molecular flexibility index (Phi) is 5.44. The van der Waals surface area contributed by atoms with Crippen LogP contribution in [0.3, 0.4) is 0 Å². The van der Waals surface area contributed by atoms with Crippen molar-refractivity contribution in [3.8, 4) is 0 Å². The quantitative estimate of drug-likeness (QED) is 0.760. The highest BCUT2D eigenvalue weighted by Gasteiger charge is 2.11. The van der Waals surface area contributed by atoms with Gasteiger partial charge < -0.3 is 25.1 Å². The molecule has 0 aliphatic rings. The molecule has 2 rings (SSSR count). The van der Waals surface area contributed by atoms with E-state index in [0.717, 1.165) is 5.52 Å². The molecule has 2 aromatic rings. The van der Waals surface area contributed by atoms with Crippen molar-refractivity contribution in [3.63, 3.8) is 0 Å². The van der Waals surface area contributed by atoms with Gasteiger partial charge in [0.05, 0.1) is 6.10 Å². The third-order valence-electron chi connectivity index (χ3n) is 3.37. The molecule has 0 aliphatic heterocycles. The number of nitrogens with zero attached hydrogens (tertiary/aromatic N) is 2. The largest absolute Gasteiger partial charge is 0.423 e. The molecule has 3 N–H and O–H groups in total. The first-order valence-corrected chi connectivity index (χ1v) is 7.66. The van der Waals surface area contributed by atoms with E-state index in [1.165, 1.54) is 0 Å². The van der Waals surface area contributed by atoms with Gasteiger partial charge in [-0.3, -0.25) is 0 Å². The molecule has 1 aromatic heterocycles. The van der Waals surface area contributed by atoms with Crippen molar-refractivity contribution >= 4 is 28.8 Å². The van der Waals surface area contributed by atoms with Gasteiger partial charge in [0.1, 0.15) is 5.52 Å². The monoisotopic (exact) mass is 320 g/mol. The summed E-state index contributed by atoms with van der Waals surface area (Å²) in [6, 6.07) is 5.57. The topological polar surface area (TPSA) is 90.6 Å². The lowest BCUT2D eigenvalue weighted by Crippen LogP contribution is -2.33. The smallest absolute Gasteiger partial charge is 0.319 e. The second kappa shape index (κ2) is 7.32. The highest BCUT2D eigenvalue weighted by molar-refractivity contribution is 5.91. The van der Waals surface area contributed by atoms with Gasteiger partial charge in [0.25, 0.3) is 6.01 Å². The lowest BCUT2D eigenvalue weighted by atomic mass is 10.1. The summed E-state index contributed by atoms with van der Waals surface area (Å²) in [5, 5.41) is 14.9. The number of hydrogen-bond donors (Lipinski definition) is 3. The molecule has 0 aliphatic carbocycles. The van der Waals surface area contributed by atoms with Crippen LogP contribution in [0.2, 0.25) is 0 Å². The highest BCUT2D eigenvalue weighted by atomic mass is 16.4. The molecule has 0 bridgehead atoms. The summed E-state index contributed by atoms with van der Waals surface area (Å²) >= 11 is 0. The minimum atomic E-state index is -0.366. The molecule has 7 nitrogen and oxygen atoms in total. The molecule has 1 heterocycles. The lowest BCUT2D eigenvalue weighted by Gasteiger charge is -2.14. The number of nitrogens with one attached hydrogen (secondary N) is 2. The molecular formula is C16H24N4O3. The number of carbonyl (C=O) groups is 1. The number of rotatable bonds is 6. The van der Waals surface area contributed by atoms with E-state index >= 15 is 0 Å². The minimum Gasteiger partial charge on any atom is -0.423 e. The third-order valence-corrected chi connectivity index (χ3v) is 3.37. The van der Waals surface area contributed by atoms with Gasteiger partial charge >= 0.3 is 6.03 Å². The maximum absolute atomic E-state index is 11.9. The fraction of sp³-hybridized carbons (Fsp3) is 0.500. The molecule has 0 saturated heterocycles. The number of amides is 2. The van der Waals surface area contributed by atoms with Gasteiger partial charge in [0.15, 0.2) is 5.58 Å². The number of hydrogen-bond acceptors (Lipinski definition) is 5. The van der Waals surface area contributed by atoms with E-state index in [4.69, 9.17) is 4.42 Å². The molecule has 7 heteroatoms. The Balaban J connectivity index is 1.94. The van der Waals surface area contributed by atoms with Crippen LogP contribution in [0.5, 0.6) is 0 Å². The molecule has 0 radical (unpaired) electrons. The fourth-order valence-electron chi connectivity index (χ4n) is 2.29. The normalized spacial score (nSPS) is 13.6. The molecule has 0 fully saturated rings. The number of aliphatic hydroxyl groups excluding tert-OH is 1. The molecule has 0 saturated carbocycles. The third kappa shape index (κ3) is 4.85. The number of anilines is 2. The molecule has 2 atom stereocenters. The first kappa shape index (κ1) is 17.1. The van der Waals surface area contributed by atoms with Gasteiger partial charge in [-0.15, -0.1) is 0 Å². The first-order chi connectivity index (χ1) is 10.8. The predicted octanol–water partition coefficient (Wildman–Crippen LogP) is 2.42. The van der Waals surface area contributed by atoms with Crippen LogP contribution in [-0.4, -0.2) is 42.9 Å². The Morgan fingerprint density at radius 1 is 1.39 bits per heavy atom. The number of urea groups is 1. The van der Waals surface area contributed by atoms with Crippen molar-refractivity contribution < 1.29 is 14.3 Å². The van der Waals surface area contributed by atoms with Crippen LogP contribution in [0.25, 0.3) is 11.1 Å². The molecule has 23 heavy (non-hydrogen) atoms. The molecule has 126 valence electrons. The predicted molar refractivity (Wildman–Crippen MR) is 90.8 cm³/mol. The summed E-state index contributed by atoms with van der Waals surface area (Å²) in [4.78, 5) is 18.0. The second-order valence-corrected chi connectivity index (χ2v) is 6.10. The van der Waals surface area contributed by atoms with Gasteiger partial charge in [0, 0.05) is 32.4 Å². The summed E-state index contributed by atoms with van der Waals surface area (Å²) in [5.41, 5.74) is 2.00. The Morgan fingerprint density at radius 3 is 2.78 bits per heavy atom. The maximum atomic E-state index is 11.9. The average Bonchev–Trinajstić information content (AvgIpc) is 2.88. The fourth-order valence-corrected chi connectivity index (χ4v) is 2.29. The molecule has 1 aromatic carbocycles. The van der Waals surface area contributed by atoms with E-state index in [9.17, 15) is 9.90 Å². The zero-order valence-electron chi connectivity index (χ0n) is 14.0. The van der Waals surface area contributed by atoms with Gasteiger partial charge in [-0.1, -0.05) is 6.92 Å². The number of carbonyl (C=O) groups excluding carboxylic acids is 1. The molecule has 0 spiro atoms. The van der Waals surface area contributed by atoms with Crippen LogP contribution in [-0.2, 0) is 0 Å². The average molecular weight is 320 g/mol. The molecule has 2 unspecified atom stereocenters. The van der Waals surface area contributed by atoms with Gasteiger partial charge in [-0.05, 0) is 31.4 Å². The van der Waals surface area contributed by atoms with Crippen molar-refractivity contribution in [2.45, 2.75) is 26.4 Å². The second-order valence-electron chi connectivity index (χ2n) is 6.10. The van der Waals surface area contributed by atoms with Crippen LogP contribution in [0.1, 0.15) is 20.3 Å². The Hall–Kier alpha value is -2.28. The van der Waals surface area contributed by atoms with E-state index in [0.29, 0.717) is 30.3 Å². The van der Waals surface area contributed by atoms with Crippen molar-refractivity contribution in [2.75, 3.05) is 30.9 Å². The van der Waals surface area contributed by atoms with E-state index in [2.05, 4.69) is 15.6 Å². The highest BCUT2D eigenvalue weighted by Crippen LogP contribution is 2.23. The van der Waals surface area contributed by atoms with Crippen LogP contribution >= 0.6 is 0 Å². The van der Waals surface area contributed by atoms with Crippen LogP contribution in [0, 0.1) is 5.92 Å². The molecule has 2 amide bonds. The standard InChI is InChI=1S/C16H24N4O3/c1-10(7-11(2)21)9-17-15(22)18-12-5-6-13-14(8-12)23-16(19-13)20(3)4/h5-6,8,10-11,21H,7,9H2,1-4H3,(H2,17,18,22). The van der Waals surface area contributed by atoms with Gasteiger partial charge in [-0.2, -0.15) is 4.98 Å². The van der Waals surface area contributed by atoms with Crippen molar-refractivity contribution in [3.05, 3.63) is 18.2 Å². The van der Waals surface area contributed by atoms with Crippen LogP contribution < -0.4 is 15.5 Å². The Bertz CT molecular complexity index is 666. The van der Waals surface area contributed by atoms with Crippen molar-refractivity contribution in [1.29, 1.82) is 0 Å². The summed E-state index contributed by atoms with van der Waals surface area (Å²) < 4.78 is 5.61. The number of benzene rings is 1. The maximum Gasteiger partial charge on any atom is 0.319 e. The lowest BCUT2D eigenvalue weighted by molar-refractivity contribution is 0.163. The van der Waals surface area contributed by atoms with Gasteiger partial charge in [0.2, 0.25) is 0 Å². The zero-order valence-corrected chi connectivity index (χ0v) is 14.0. The SMILES string of the molecule is CC(O)CC(C)CNC(=O)Nc1ccc2nc(N(C)C)oc2c1. The zero-order chi connectivity index (χ0) is 17.0.